The third-order valence-corrected chi connectivity index (χ3v) is 3.64. The maximum atomic E-state index is 11.8. The number of carbonyl (C=O) groups is 1. The number of primary sulfonamides is 1. The van der Waals surface area contributed by atoms with Crippen LogP contribution >= 0.6 is 15.9 Å². The van der Waals surface area contributed by atoms with Crippen molar-refractivity contribution < 1.29 is 13.2 Å². The molecule has 0 bridgehead atoms. The average Bonchev–Trinajstić information content (AvgIpc) is 2.32. The van der Waals surface area contributed by atoms with Crippen molar-refractivity contribution in [3.8, 4) is 0 Å². The van der Waals surface area contributed by atoms with Crippen molar-refractivity contribution >= 4 is 31.9 Å². The highest BCUT2D eigenvalue weighted by Crippen LogP contribution is 2.18. The van der Waals surface area contributed by atoms with E-state index in [-0.39, 0.29) is 16.4 Å². The van der Waals surface area contributed by atoms with Crippen LogP contribution in [-0.2, 0) is 10.0 Å². The van der Waals surface area contributed by atoms with E-state index in [0.29, 0.717) is 11.0 Å². The highest BCUT2D eigenvalue weighted by atomic mass is 79.9. The Hall–Kier alpha value is -1.18. The van der Waals surface area contributed by atoms with Crippen LogP contribution in [0.15, 0.2) is 39.7 Å². The molecule has 0 aliphatic rings. The lowest BCUT2D eigenvalue weighted by molar-refractivity contribution is 0.0954. The Morgan fingerprint density at radius 1 is 1.42 bits per heavy atom. The molecule has 0 radical (unpaired) electrons. The third-order valence-electron chi connectivity index (χ3n) is 2.29. The van der Waals surface area contributed by atoms with E-state index in [4.69, 9.17) is 5.14 Å². The van der Waals surface area contributed by atoms with E-state index in [9.17, 15) is 13.2 Å². The molecule has 0 atom stereocenters. The second-order valence-corrected chi connectivity index (χ2v) is 6.31. The number of amides is 1. The predicted octanol–water partition coefficient (Wildman–Crippen LogP) is 1.79. The van der Waals surface area contributed by atoms with Crippen LogP contribution in [0.25, 0.3) is 0 Å². The fraction of sp³-hybridized carbons (Fsp3) is 0.250. The highest BCUT2D eigenvalue weighted by molar-refractivity contribution is 9.10. The molecule has 0 aliphatic heterocycles. The van der Waals surface area contributed by atoms with Crippen molar-refractivity contribution in [3.63, 3.8) is 0 Å². The molecule has 0 aromatic heterocycles. The molecule has 3 N–H and O–H groups in total. The van der Waals surface area contributed by atoms with Crippen LogP contribution < -0.4 is 10.5 Å². The number of sulfonamides is 1. The number of benzene rings is 1. The Morgan fingerprint density at radius 2 is 2.11 bits per heavy atom. The summed E-state index contributed by atoms with van der Waals surface area (Å²) < 4.78 is 23.0. The van der Waals surface area contributed by atoms with Gasteiger partial charge in [0.1, 0.15) is 0 Å². The molecule has 0 spiro atoms. The zero-order valence-electron chi connectivity index (χ0n) is 10.4. The summed E-state index contributed by atoms with van der Waals surface area (Å²) in [7, 11) is -3.83. The molecular formula is C12H15BrN2O3S. The number of carbonyl (C=O) groups excluding carboxylic acids is 1. The van der Waals surface area contributed by atoms with Crippen molar-refractivity contribution in [2.75, 3.05) is 6.54 Å². The second kappa shape index (κ2) is 6.83. The topological polar surface area (TPSA) is 89.3 Å². The van der Waals surface area contributed by atoms with Gasteiger partial charge in [0.2, 0.25) is 10.0 Å². The summed E-state index contributed by atoms with van der Waals surface area (Å²) in [6.07, 6.45) is 4.54. The molecule has 1 aromatic rings. The SMILES string of the molecule is C/C=C/CCNC(=O)c1cc(Br)cc(S(N)(=O)=O)c1. The molecular weight excluding hydrogens is 332 g/mol. The molecule has 0 aliphatic carbocycles. The van der Waals surface area contributed by atoms with Crippen LogP contribution in [0.4, 0.5) is 0 Å². The maximum Gasteiger partial charge on any atom is 0.251 e. The number of rotatable bonds is 5. The first kappa shape index (κ1) is 15.9. The number of halogens is 1. The quantitative estimate of drug-likeness (QED) is 0.629. The Balaban J connectivity index is 2.89. The van der Waals surface area contributed by atoms with E-state index < -0.39 is 10.0 Å². The summed E-state index contributed by atoms with van der Waals surface area (Å²) in [4.78, 5) is 11.8. The van der Waals surface area contributed by atoms with E-state index in [1.807, 2.05) is 19.1 Å². The molecule has 7 heteroatoms. The normalized spacial score (nSPS) is 11.7. The van der Waals surface area contributed by atoms with Crippen LogP contribution in [0.3, 0.4) is 0 Å². The first-order chi connectivity index (χ1) is 8.84. The molecule has 104 valence electrons. The number of allylic oxidation sites excluding steroid dienone is 1. The summed E-state index contributed by atoms with van der Waals surface area (Å²) in [5.41, 5.74) is 0.249. The number of hydrogen-bond acceptors (Lipinski definition) is 3. The van der Waals surface area contributed by atoms with Crippen molar-refractivity contribution in [2.24, 2.45) is 5.14 Å². The Bertz CT molecular complexity index is 597. The largest absolute Gasteiger partial charge is 0.352 e. The molecule has 1 amide bonds. The minimum Gasteiger partial charge on any atom is -0.352 e. The van der Waals surface area contributed by atoms with Gasteiger partial charge in [-0.1, -0.05) is 28.1 Å². The van der Waals surface area contributed by atoms with Crippen LogP contribution in [0.5, 0.6) is 0 Å². The average molecular weight is 347 g/mol. The van der Waals surface area contributed by atoms with Gasteiger partial charge in [-0.3, -0.25) is 4.79 Å². The number of nitrogens with two attached hydrogens (primary N) is 1. The van der Waals surface area contributed by atoms with Gasteiger partial charge in [-0.15, -0.1) is 0 Å². The van der Waals surface area contributed by atoms with Crippen molar-refractivity contribution in [1.29, 1.82) is 0 Å². The number of hydrogen-bond donors (Lipinski definition) is 2. The first-order valence-corrected chi connectivity index (χ1v) is 7.91. The molecule has 1 rings (SSSR count). The minimum absolute atomic E-state index is 0.0968. The van der Waals surface area contributed by atoms with Gasteiger partial charge in [-0.25, -0.2) is 13.6 Å². The molecule has 1 aromatic carbocycles. The van der Waals surface area contributed by atoms with Gasteiger partial charge in [0.15, 0.2) is 0 Å². The van der Waals surface area contributed by atoms with Gasteiger partial charge in [0, 0.05) is 16.6 Å². The van der Waals surface area contributed by atoms with Gasteiger partial charge < -0.3 is 5.32 Å². The first-order valence-electron chi connectivity index (χ1n) is 5.57. The van der Waals surface area contributed by atoms with Crippen LogP contribution in [0.2, 0.25) is 0 Å². The smallest absolute Gasteiger partial charge is 0.251 e. The van der Waals surface area contributed by atoms with E-state index in [1.54, 1.807) is 6.07 Å². The molecule has 0 fully saturated rings. The summed E-state index contributed by atoms with van der Waals surface area (Å²) in [6, 6.07) is 4.15. The van der Waals surface area contributed by atoms with Gasteiger partial charge in [0.25, 0.3) is 5.91 Å². The molecule has 0 heterocycles. The molecule has 0 saturated carbocycles. The summed E-state index contributed by atoms with van der Waals surface area (Å²) in [5, 5.41) is 7.74. The van der Waals surface area contributed by atoms with Crippen molar-refractivity contribution in [2.45, 2.75) is 18.2 Å². The fourth-order valence-electron chi connectivity index (χ4n) is 1.40. The summed E-state index contributed by atoms with van der Waals surface area (Å²) in [5.74, 6) is -0.337. The Labute approximate surface area is 121 Å². The van der Waals surface area contributed by atoms with Gasteiger partial charge in [-0.05, 0) is 31.5 Å². The Kier molecular flexibility index (Phi) is 5.71. The zero-order chi connectivity index (χ0) is 14.5. The van der Waals surface area contributed by atoms with Crippen LogP contribution in [-0.4, -0.2) is 20.9 Å². The predicted molar refractivity (Wildman–Crippen MR) is 77.3 cm³/mol. The minimum atomic E-state index is -3.83. The van der Waals surface area contributed by atoms with E-state index in [2.05, 4.69) is 21.2 Å². The molecule has 19 heavy (non-hydrogen) atoms. The van der Waals surface area contributed by atoms with Crippen molar-refractivity contribution in [3.05, 3.63) is 40.4 Å². The summed E-state index contributed by atoms with van der Waals surface area (Å²) in [6.45, 7) is 2.38. The van der Waals surface area contributed by atoms with Gasteiger partial charge >= 0.3 is 0 Å². The lowest BCUT2D eigenvalue weighted by atomic mass is 10.2. The van der Waals surface area contributed by atoms with E-state index >= 15 is 0 Å². The molecule has 0 unspecified atom stereocenters. The van der Waals surface area contributed by atoms with Crippen LogP contribution in [0, 0.1) is 0 Å². The molecule has 5 nitrogen and oxygen atoms in total. The van der Waals surface area contributed by atoms with Gasteiger partial charge in [-0.2, -0.15) is 0 Å². The lowest BCUT2D eigenvalue weighted by Gasteiger charge is -2.06. The second-order valence-electron chi connectivity index (χ2n) is 3.83. The lowest BCUT2D eigenvalue weighted by Crippen LogP contribution is -2.24. The van der Waals surface area contributed by atoms with E-state index in [0.717, 1.165) is 6.42 Å². The Morgan fingerprint density at radius 3 is 2.68 bits per heavy atom. The fourth-order valence-corrected chi connectivity index (χ4v) is 2.62. The number of nitrogens with one attached hydrogen (secondary N) is 1. The maximum absolute atomic E-state index is 11.8. The standard InChI is InChI=1S/C12H15BrN2O3S/c1-2-3-4-5-15-12(16)9-6-10(13)8-11(7-9)19(14,17)18/h2-3,6-8H,4-5H2,1H3,(H,15,16)(H2,14,17,18)/b3-2+. The molecule has 0 saturated heterocycles. The van der Waals surface area contributed by atoms with Crippen LogP contribution in [0.1, 0.15) is 23.7 Å². The van der Waals surface area contributed by atoms with Crippen molar-refractivity contribution in [1.82, 2.24) is 5.32 Å². The monoisotopic (exact) mass is 346 g/mol. The summed E-state index contributed by atoms with van der Waals surface area (Å²) >= 11 is 3.16. The zero-order valence-corrected chi connectivity index (χ0v) is 12.8. The highest BCUT2D eigenvalue weighted by Gasteiger charge is 2.13. The van der Waals surface area contributed by atoms with Gasteiger partial charge in [0.05, 0.1) is 4.90 Å². The third kappa shape index (κ3) is 5.14. The van der Waals surface area contributed by atoms with E-state index in [1.165, 1.54) is 12.1 Å².